The Morgan fingerprint density at radius 2 is 0.968 bits per heavy atom. The molecule has 0 aliphatic heterocycles. The number of benzene rings is 2. The second kappa shape index (κ2) is 11.3. The lowest BCUT2D eigenvalue weighted by Crippen LogP contribution is -2.34. The molecule has 10 nitrogen and oxygen atoms in total. The van der Waals surface area contributed by atoms with Crippen LogP contribution < -0.4 is 20.8 Å². The maximum atomic E-state index is 8.52. The summed E-state index contributed by atoms with van der Waals surface area (Å²) in [4.78, 5) is 0. The molecule has 11 heteroatoms. The van der Waals surface area contributed by atoms with E-state index in [1.807, 2.05) is 85.2 Å². The summed E-state index contributed by atoms with van der Waals surface area (Å²) in [7, 11) is -5.17. The maximum Gasteiger partial charge on any atom is 0.238 e. The van der Waals surface area contributed by atoms with Crippen LogP contribution in [0.2, 0.25) is 0 Å². The monoisotopic (exact) mass is 440 g/mol. The van der Waals surface area contributed by atoms with E-state index in [-0.39, 0.29) is 0 Å². The molecule has 2 aromatic carbocycles. The van der Waals surface area contributed by atoms with Crippen LogP contribution >= 0.6 is 0 Å². The zero-order valence-electron chi connectivity index (χ0n) is 16.2. The number of rotatable bonds is 2. The Hall–Kier alpha value is -3.93. The normalized spacial score (nSPS) is 10.1. The Morgan fingerprint density at radius 3 is 1.23 bits per heavy atom. The van der Waals surface area contributed by atoms with Gasteiger partial charge in [0, 0.05) is 46.8 Å². The van der Waals surface area contributed by atoms with Gasteiger partial charge in [-0.05, 0) is 10.2 Å². The minimum absolute atomic E-state index is 0.673. The van der Waals surface area contributed by atoms with E-state index in [1.54, 1.807) is 21.8 Å². The van der Waals surface area contributed by atoms with Crippen molar-refractivity contribution in [2.45, 2.75) is 0 Å². The van der Waals surface area contributed by atoms with Gasteiger partial charge in [-0.1, -0.05) is 45.8 Å². The lowest BCUT2D eigenvalue weighted by molar-refractivity contribution is -0.659. The van der Waals surface area contributed by atoms with Gasteiger partial charge in [-0.25, -0.2) is 0 Å². The number of nitrogens with zero attached hydrogens (tertiary/aromatic N) is 4. The highest BCUT2D eigenvalue weighted by Gasteiger charge is 2.05. The number of para-hydroxylation sites is 2. The van der Waals surface area contributed by atoms with Crippen molar-refractivity contribution in [3.63, 3.8) is 0 Å². The number of hydrogen-bond donors (Lipinski definition) is 2. The first kappa shape index (κ1) is 23.3. The molecule has 31 heavy (non-hydrogen) atoms. The van der Waals surface area contributed by atoms with Crippen LogP contribution in [-0.2, 0) is 10.4 Å². The average molecular weight is 440 g/mol. The van der Waals surface area contributed by atoms with E-state index in [0.717, 1.165) is 11.4 Å². The topological polar surface area (TPSA) is 166 Å². The number of hydrogen-bond acceptors (Lipinski definition) is 8. The van der Waals surface area contributed by atoms with Gasteiger partial charge in [-0.3, -0.25) is 8.42 Å². The maximum absolute atomic E-state index is 8.52. The molecule has 0 unspecified atom stereocenters. The molecule has 0 saturated carbocycles. The highest BCUT2D eigenvalue weighted by Crippen LogP contribution is 1.99. The fourth-order valence-corrected chi connectivity index (χ4v) is 2.20. The summed E-state index contributed by atoms with van der Waals surface area (Å²) in [6, 6.07) is 23.4. The number of nitrogen functional groups attached to an aromatic ring is 2. The summed E-state index contributed by atoms with van der Waals surface area (Å²) >= 11 is 0. The molecule has 0 aliphatic carbocycles. The first-order valence-electron chi connectivity index (χ1n) is 8.77. The molecular formula is C20H20N6O4S. The molecule has 160 valence electrons. The summed E-state index contributed by atoms with van der Waals surface area (Å²) < 4.78 is 37.6. The Bertz CT molecular complexity index is 1070. The molecule has 0 aliphatic rings. The van der Waals surface area contributed by atoms with Gasteiger partial charge in [-0.15, -0.1) is 0 Å². The van der Waals surface area contributed by atoms with Gasteiger partial charge in [0.15, 0.2) is 0 Å². The van der Waals surface area contributed by atoms with Crippen molar-refractivity contribution in [3.05, 3.63) is 97.6 Å². The Balaban J connectivity index is 0.000000182. The van der Waals surface area contributed by atoms with Crippen LogP contribution in [0.25, 0.3) is 11.4 Å². The Morgan fingerprint density at radius 1 is 0.645 bits per heavy atom. The van der Waals surface area contributed by atoms with Crippen molar-refractivity contribution in [3.8, 4) is 11.4 Å². The fourth-order valence-electron chi connectivity index (χ4n) is 2.20. The third kappa shape index (κ3) is 9.41. The van der Waals surface area contributed by atoms with E-state index in [4.69, 9.17) is 29.0 Å². The second-order valence-electron chi connectivity index (χ2n) is 5.89. The molecule has 4 rings (SSSR count). The summed E-state index contributed by atoms with van der Waals surface area (Å²) in [6.07, 6.45) is 6.94. The standard InChI is InChI=1S/2C10H9N3.H2O4S/c2*11-9-6-7-13(12-8-9)10-4-2-1-3-5-10;1-5(2,3)4/h2*1-8,11H;(H2,1,2,3,4). The van der Waals surface area contributed by atoms with Crippen molar-refractivity contribution < 1.29 is 26.9 Å². The molecule has 0 atom stereocenters. The zero-order valence-corrected chi connectivity index (χ0v) is 17.0. The zero-order chi connectivity index (χ0) is 22.7. The lowest BCUT2D eigenvalue weighted by Gasteiger charge is -2.06. The van der Waals surface area contributed by atoms with Crippen LogP contribution in [0.4, 0.5) is 11.4 Å². The third-order valence-electron chi connectivity index (χ3n) is 3.52. The Kier molecular flexibility index (Phi) is 8.52. The predicted octanol–water partition coefficient (Wildman–Crippen LogP) is 0.543. The molecule has 0 amide bonds. The van der Waals surface area contributed by atoms with E-state index in [9.17, 15) is 0 Å². The molecule has 0 bridgehead atoms. The van der Waals surface area contributed by atoms with Crippen molar-refractivity contribution in [1.29, 1.82) is 0 Å². The van der Waals surface area contributed by atoms with Gasteiger partial charge in [0.1, 0.15) is 12.4 Å². The van der Waals surface area contributed by atoms with Crippen LogP contribution in [0.3, 0.4) is 0 Å². The van der Waals surface area contributed by atoms with Crippen LogP contribution in [0.15, 0.2) is 97.6 Å². The van der Waals surface area contributed by atoms with E-state index in [2.05, 4.69) is 10.2 Å². The quantitative estimate of drug-likeness (QED) is 0.259. The minimum atomic E-state index is -5.17. The van der Waals surface area contributed by atoms with E-state index >= 15 is 0 Å². The van der Waals surface area contributed by atoms with Crippen molar-refractivity contribution in [2.75, 3.05) is 11.5 Å². The van der Waals surface area contributed by atoms with Gasteiger partial charge < -0.3 is 20.6 Å². The van der Waals surface area contributed by atoms with Crippen LogP contribution in [0.1, 0.15) is 0 Å². The molecule has 4 aromatic rings. The van der Waals surface area contributed by atoms with Crippen LogP contribution in [-0.4, -0.2) is 27.7 Å². The highest BCUT2D eigenvalue weighted by atomic mass is 32.3. The Labute approximate surface area is 179 Å². The third-order valence-corrected chi connectivity index (χ3v) is 3.52. The molecule has 2 aromatic heterocycles. The lowest BCUT2D eigenvalue weighted by atomic mass is 10.3. The fraction of sp³-hybridized carbons (Fsp3) is 0. The van der Waals surface area contributed by atoms with Gasteiger partial charge in [0.25, 0.3) is 0 Å². The second-order valence-corrected chi connectivity index (χ2v) is 6.71. The van der Waals surface area contributed by atoms with Crippen LogP contribution in [0, 0.1) is 0 Å². The van der Waals surface area contributed by atoms with Crippen molar-refractivity contribution in [2.24, 2.45) is 0 Å². The molecule has 0 saturated heterocycles. The number of nitrogens with two attached hydrogens (primary N) is 2. The number of anilines is 2. The molecule has 4 N–H and O–H groups in total. The predicted molar refractivity (Wildman–Crippen MR) is 111 cm³/mol. The molecule has 2 heterocycles. The van der Waals surface area contributed by atoms with Crippen molar-refractivity contribution in [1.82, 2.24) is 10.2 Å². The molecule has 0 fully saturated rings. The highest BCUT2D eigenvalue weighted by molar-refractivity contribution is 7.79. The van der Waals surface area contributed by atoms with E-state index in [1.165, 1.54) is 0 Å². The van der Waals surface area contributed by atoms with Gasteiger partial charge in [0.2, 0.25) is 23.8 Å². The number of aromatic nitrogens is 4. The van der Waals surface area contributed by atoms with Crippen molar-refractivity contribution >= 4 is 21.8 Å². The van der Waals surface area contributed by atoms with Gasteiger partial charge in [-0.2, -0.15) is 0 Å². The van der Waals surface area contributed by atoms with Gasteiger partial charge >= 0.3 is 0 Å². The molecular weight excluding hydrogens is 420 g/mol. The summed E-state index contributed by atoms with van der Waals surface area (Å²) in [6.45, 7) is 0. The van der Waals surface area contributed by atoms with Gasteiger partial charge in [0.05, 0.1) is 11.4 Å². The smallest absolute Gasteiger partial charge is 0.238 e. The summed E-state index contributed by atoms with van der Waals surface area (Å²) in [5, 5.41) is 8.28. The summed E-state index contributed by atoms with van der Waals surface area (Å²) in [5.41, 5.74) is 14.5. The SMILES string of the molecule is Nc1cc[n+](-c2ccccc2)nc1.Nc1cc[n+](-c2ccccc2)nc1.O=S(=O)([O-])[O-]. The molecule has 0 spiro atoms. The van der Waals surface area contributed by atoms with E-state index < -0.39 is 10.4 Å². The minimum Gasteiger partial charge on any atom is -0.759 e. The van der Waals surface area contributed by atoms with E-state index in [0.29, 0.717) is 11.4 Å². The first-order chi connectivity index (χ1) is 14.7. The summed E-state index contributed by atoms with van der Waals surface area (Å²) in [5.74, 6) is 0. The first-order valence-corrected chi connectivity index (χ1v) is 10.1. The molecule has 0 radical (unpaired) electrons. The average Bonchev–Trinajstić information content (AvgIpc) is 2.75. The van der Waals surface area contributed by atoms with Crippen LogP contribution in [0.5, 0.6) is 0 Å². The largest absolute Gasteiger partial charge is 0.759 e.